The van der Waals surface area contributed by atoms with Gasteiger partial charge in [-0.2, -0.15) is 13.2 Å². The molecule has 0 spiro atoms. The van der Waals surface area contributed by atoms with E-state index in [2.05, 4.69) is 10.3 Å². The summed E-state index contributed by atoms with van der Waals surface area (Å²) in [5, 5.41) is 11.8. The Morgan fingerprint density at radius 2 is 1.73 bits per heavy atom. The number of carbonyl (C=O) groups excluding carboxylic acids is 1. The number of hydrogen-bond acceptors (Lipinski definition) is 4. The third-order valence-electron chi connectivity index (χ3n) is 4.44. The topological polar surface area (TPSA) is 88.5 Å². The number of pyridine rings is 1. The number of amides is 1. The number of carboxylic acid groups (broad SMARTS) is 1. The summed E-state index contributed by atoms with van der Waals surface area (Å²) in [6.45, 7) is 5.21. The highest BCUT2D eigenvalue weighted by Crippen LogP contribution is 2.28. The summed E-state index contributed by atoms with van der Waals surface area (Å²) in [5.41, 5.74) is 0.288. The van der Waals surface area contributed by atoms with Gasteiger partial charge in [0.2, 0.25) is 5.91 Å². The first-order valence-electron chi connectivity index (χ1n) is 9.26. The molecule has 0 aliphatic heterocycles. The maximum atomic E-state index is 12.7. The number of nitrogens with one attached hydrogen (secondary N) is 1. The summed E-state index contributed by atoms with van der Waals surface area (Å²) < 4.78 is 43.5. The fourth-order valence-corrected chi connectivity index (χ4v) is 2.72. The highest BCUT2D eigenvalue weighted by molar-refractivity contribution is 5.87. The van der Waals surface area contributed by atoms with Crippen LogP contribution in [-0.4, -0.2) is 28.1 Å². The van der Waals surface area contributed by atoms with Crippen LogP contribution in [0.5, 0.6) is 0 Å². The number of hydrogen-bond donors (Lipinski definition) is 2. The molecule has 1 heterocycles. The van der Waals surface area contributed by atoms with Crippen LogP contribution in [0.3, 0.4) is 0 Å². The van der Waals surface area contributed by atoms with E-state index in [4.69, 9.17) is 9.84 Å². The molecule has 0 saturated carbocycles. The van der Waals surface area contributed by atoms with Crippen molar-refractivity contribution in [3.8, 4) is 0 Å². The largest absolute Gasteiger partial charge is 0.478 e. The molecule has 0 fully saturated rings. The number of aromatic carboxylic acids is 1. The van der Waals surface area contributed by atoms with Crippen LogP contribution in [0.2, 0.25) is 0 Å². The van der Waals surface area contributed by atoms with Gasteiger partial charge in [0.1, 0.15) is 6.10 Å². The molecule has 1 aromatic heterocycles. The Morgan fingerprint density at radius 1 is 1.10 bits per heavy atom. The Balaban J connectivity index is 1.99. The van der Waals surface area contributed by atoms with Gasteiger partial charge in [-0.1, -0.05) is 26.0 Å². The van der Waals surface area contributed by atoms with Crippen molar-refractivity contribution in [2.24, 2.45) is 5.92 Å². The van der Waals surface area contributed by atoms with Gasteiger partial charge < -0.3 is 15.2 Å². The molecule has 9 heteroatoms. The highest BCUT2D eigenvalue weighted by Gasteiger charge is 2.31. The molecule has 162 valence electrons. The molecule has 2 N–H and O–H groups in total. The molecule has 1 amide bonds. The van der Waals surface area contributed by atoms with Crippen molar-refractivity contribution in [1.82, 2.24) is 10.3 Å². The van der Waals surface area contributed by atoms with Gasteiger partial charge in [-0.15, -0.1) is 0 Å². The van der Waals surface area contributed by atoms with E-state index in [1.807, 2.05) is 0 Å². The van der Waals surface area contributed by atoms with Gasteiger partial charge in [0.05, 0.1) is 29.5 Å². The van der Waals surface area contributed by atoms with Crippen molar-refractivity contribution in [3.05, 3.63) is 65.0 Å². The third-order valence-corrected chi connectivity index (χ3v) is 4.44. The Hall–Kier alpha value is -2.94. The number of nitrogens with zero attached hydrogens (tertiary/aromatic N) is 1. The van der Waals surface area contributed by atoms with Crippen molar-refractivity contribution < 1.29 is 32.6 Å². The molecule has 2 atom stereocenters. The van der Waals surface area contributed by atoms with Crippen LogP contribution >= 0.6 is 0 Å². The predicted molar refractivity (Wildman–Crippen MR) is 103 cm³/mol. The number of alkyl halides is 3. The number of carboxylic acids is 1. The summed E-state index contributed by atoms with van der Waals surface area (Å²) in [6.07, 6.45) is -4.58. The zero-order chi connectivity index (χ0) is 22.5. The lowest BCUT2D eigenvalue weighted by Crippen LogP contribution is -2.40. The minimum Gasteiger partial charge on any atom is -0.478 e. The van der Waals surface area contributed by atoms with Crippen LogP contribution < -0.4 is 5.32 Å². The standard InChI is InChI=1S/C21H23F3N2O4/c1-12(2)18(30-11-17-9-8-16(10-25-17)21(22,23)24)19(27)26-13(3)14-4-6-15(7-5-14)20(28)29/h4-10,12-13,18H,11H2,1-3H3,(H,26,27)(H,28,29)/t13-,18?/m0/s1. The number of aromatic nitrogens is 1. The van der Waals surface area contributed by atoms with Gasteiger partial charge in [0.15, 0.2) is 0 Å². The summed E-state index contributed by atoms with van der Waals surface area (Å²) in [5.74, 6) is -1.61. The van der Waals surface area contributed by atoms with E-state index >= 15 is 0 Å². The monoisotopic (exact) mass is 424 g/mol. The zero-order valence-corrected chi connectivity index (χ0v) is 16.7. The molecule has 0 aliphatic carbocycles. The van der Waals surface area contributed by atoms with Crippen molar-refractivity contribution in [1.29, 1.82) is 0 Å². The maximum absolute atomic E-state index is 12.7. The van der Waals surface area contributed by atoms with Gasteiger partial charge >= 0.3 is 12.1 Å². The second-order valence-corrected chi connectivity index (χ2v) is 7.17. The molecule has 0 aliphatic rings. The number of ether oxygens (including phenoxy) is 1. The molecule has 30 heavy (non-hydrogen) atoms. The average Bonchev–Trinajstić information content (AvgIpc) is 2.67. The van der Waals surface area contributed by atoms with E-state index in [0.29, 0.717) is 0 Å². The Kier molecular flexibility index (Phi) is 7.55. The average molecular weight is 424 g/mol. The zero-order valence-electron chi connectivity index (χ0n) is 16.7. The van der Waals surface area contributed by atoms with E-state index in [1.165, 1.54) is 18.2 Å². The fraction of sp³-hybridized carbons (Fsp3) is 0.381. The van der Waals surface area contributed by atoms with Gasteiger partial charge in [0, 0.05) is 6.20 Å². The first kappa shape index (κ1) is 23.3. The molecule has 1 aromatic carbocycles. The predicted octanol–water partition coefficient (Wildman–Crippen LogP) is 4.22. The first-order valence-corrected chi connectivity index (χ1v) is 9.26. The van der Waals surface area contributed by atoms with Crippen LogP contribution in [0.25, 0.3) is 0 Å². The summed E-state index contributed by atoms with van der Waals surface area (Å²) >= 11 is 0. The van der Waals surface area contributed by atoms with E-state index in [1.54, 1.807) is 32.9 Å². The minimum atomic E-state index is -4.47. The lowest BCUT2D eigenvalue weighted by molar-refractivity contribution is -0.137. The molecule has 2 aromatic rings. The van der Waals surface area contributed by atoms with Crippen LogP contribution in [0, 0.1) is 5.92 Å². The van der Waals surface area contributed by atoms with Crippen molar-refractivity contribution in [3.63, 3.8) is 0 Å². The Bertz CT molecular complexity index is 865. The lowest BCUT2D eigenvalue weighted by Gasteiger charge is -2.23. The molecule has 2 rings (SSSR count). The van der Waals surface area contributed by atoms with Gasteiger partial charge in [-0.05, 0) is 42.7 Å². The summed E-state index contributed by atoms with van der Waals surface area (Å²) in [4.78, 5) is 27.3. The molecular weight excluding hydrogens is 401 g/mol. The van der Waals surface area contributed by atoms with Crippen molar-refractivity contribution in [2.45, 2.75) is 45.7 Å². The number of rotatable bonds is 8. The quantitative estimate of drug-likeness (QED) is 0.663. The first-order chi connectivity index (χ1) is 14.0. The Labute approximate surface area is 172 Å². The Morgan fingerprint density at radius 3 is 2.20 bits per heavy atom. The maximum Gasteiger partial charge on any atom is 0.417 e. The van der Waals surface area contributed by atoms with E-state index < -0.39 is 29.9 Å². The fourth-order valence-electron chi connectivity index (χ4n) is 2.72. The molecule has 0 saturated heterocycles. The molecule has 1 unspecified atom stereocenters. The third kappa shape index (κ3) is 6.28. The number of halogens is 3. The van der Waals surface area contributed by atoms with E-state index in [-0.39, 0.29) is 29.7 Å². The lowest BCUT2D eigenvalue weighted by atomic mass is 10.0. The van der Waals surface area contributed by atoms with Gasteiger partial charge in [-0.3, -0.25) is 9.78 Å². The van der Waals surface area contributed by atoms with Crippen LogP contribution in [0.15, 0.2) is 42.6 Å². The SMILES string of the molecule is CC(C)C(OCc1ccc(C(F)(F)F)cn1)C(=O)N[C@@H](C)c1ccc(C(=O)O)cc1. The molecule has 0 bridgehead atoms. The van der Waals surface area contributed by atoms with Crippen molar-refractivity contribution >= 4 is 11.9 Å². The van der Waals surface area contributed by atoms with Crippen LogP contribution in [0.4, 0.5) is 13.2 Å². The van der Waals surface area contributed by atoms with E-state index in [0.717, 1.165) is 17.8 Å². The number of carbonyl (C=O) groups is 2. The van der Waals surface area contributed by atoms with Gasteiger partial charge in [-0.25, -0.2) is 4.79 Å². The van der Waals surface area contributed by atoms with Crippen molar-refractivity contribution in [2.75, 3.05) is 0 Å². The molecular formula is C21H23F3N2O4. The number of benzene rings is 1. The summed E-state index contributed by atoms with van der Waals surface area (Å²) in [7, 11) is 0. The smallest absolute Gasteiger partial charge is 0.417 e. The van der Waals surface area contributed by atoms with Gasteiger partial charge in [0.25, 0.3) is 0 Å². The second-order valence-electron chi connectivity index (χ2n) is 7.17. The molecule has 0 radical (unpaired) electrons. The summed E-state index contributed by atoms with van der Waals surface area (Å²) in [6, 6.07) is 7.87. The van der Waals surface area contributed by atoms with E-state index in [9.17, 15) is 22.8 Å². The highest BCUT2D eigenvalue weighted by atomic mass is 19.4. The van der Waals surface area contributed by atoms with Crippen LogP contribution in [-0.2, 0) is 22.3 Å². The normalized spacial score (nSPS) is 13.7. The molecule has 6 nitrogen and oxygen atoms in total. The van der Waals surface area contributed by atoms with Crippen LogP contribution in [0.1, 0.15) is 54.0 Å². The second kappa shape index (κ2) is 9.71. The minimum absolute atomic E-state index is 0.115.